The first-order valence-corrected chi connectivity index (χ1v) is 13.4. The Balaban J connectivity index is 1.51. The monoisotopic (exact) mass is 440 g/mol. The molecule has 0 aromatic rings. The van der Waals surface area contributed by atoms with Gasteiger partial charge in [-0.3, -0.25) is 9.59 Å². The van der Waals surface area contributed by atoms with Gasteiger partial charge in [-0.15, -0.1) is 0 Å². The van der Waals surface area contributed by atoms with Gasteiger partial charge in [0, 0.05) is 6.92 Å². The Kier molecular flexibility index (Phi) is 5.52. The minimum atomic E-state index is -3.77. The molecule has 4 rings (SSSR count). The largest absolute Gasteiger partial charge is 0.463 e. The van der Waals surface area contributed by atoms with Gasteiger partial charge in [-0.2, -0.15) is 8.42 Å². The van der Waals surface area contributed by atoms with Crippen molar-refractivity contribution >= 4 is 22.1 Å². The van der Waals surface area contributed by atoms with Gasteiger partial charge in [-0.25, -0.2) is 0 Å². The minimum absolute atomic E-state index is 0.0626. The second-order valence-electron chi connectivity index (χ2n) is 10.9. The lowest BCUT2D eigenvalue weighted by Crippen LogP contribution is -2.54. The zero-order valence-electron chi connectivity index (χ0n) is 18.7. The Morgan fingerprint density at radius 1 is 0.900 bits per heavy atom. The third-order valence-electron chi connectivity index (χ3n) is 9.47. The molecule has 0 radical (unpaired) electrons. The lowest BCUT2D eigenvalue weighted by molar-refractivity contribution is -0.163. The van der Waals surface area contributed by atoms with Crippen LogP contribution in [0.15, 0.2) is 0 Å². The van der Waals surface area contributed by atoms with E-state index in [0.29, 0.717) is 23.7 Å². The standard InChI is InChI=1S/C23H36O6S/c1-14(24)28-16-9-11-22(2)15(13-16)5-6-17-18-7-8-20(21(25)29-30(4,26)27)23(18,3)12-10-19(17)22/h15-20H,5-13H2,1-4H3/t15?,16-,17-,18-,19-,20+,22-,23-/m0/s1. The number of carbonyl (C=O) groups excluding carboxylic acids is 2. The molecule has 0 bridgehead atoms. The van der Waals surface area contributed by atoms with Crippen molar-refractivity contribution in [2.24, 2.45) is 40.4 Å². The maximum Gasteiger partial charge on any atom is 0.325 e. The van der Waals surface area contributed by atoms with Crippen molar-refractivity contribution in [3.05, 3.63) is 0 Å². The van der Waals surface area contributed by atoms with Crippen LogP contribution in [-0.2, 0) is 28.6 Å². The van der Waals surface area contributed by atoms with E-state index < -0.39 is 16.1 Å². The molecular weight excluding hydrogens is 404 g/mol. The highest BCUT2D eigenvalue weighted by Gasteiger charge is 2.61. The van der Waals surface area contributed by atoms with Crippen LogP contribution in [-0.4, -0.2) is 32.7 Å². The summed E-state index contributed by atoms with van der Waals surface area (Å²) >= 11 is 0. The Hall–Kier alpha value is -1.11. The van der Waals surface area contributed by atoms with E-state index in [1.54, 1.807) is 0 Å². The molecule has 1 unspecified atom stereocenters. The summed E-state index contributed by atoms with van der Waals surface area (Å²) in [6.45, 7) is 6.14. The van der Waals surface area contributed by atoms with E-state index >= 15 is 0 Å². The third-order valence-corrected chi connectivity index (χ3v) is 9.94. The average Bonchev–Trinajstić information content (AvgIpc) is 2.97. The average molecular weight is 441 g/mol. The van der Waals surface area contributed by atoms with Crippen LogP contribution in [0.1, 0.15) is 78.6 Å². The summed E-state index contributed by atoms with van der Waals surface area (Å²) in [5.41, 5.74) is 0.104. The molecule has 0 heterocycles. The fourth-order valence-electron chi connectivity index (χ4n) is 8.15. The molecule has 8 atom stereocenters. The number of esters is 1. The fourth-order valence-corrected chi connectivity index (χ4v) is 8.57. The number of fused-ring (bicyclic) bond motifs is 5. The first-order chi connectivity index (χ1) is 13.9. The molecule has 0 aromatic carbocycles. The van der Waals surface area contributed by atoms with Gasteiger partial charge >= 0.3 is 22.1 Å². The van der Waals surface area contributed by atoms with Gasteiger partial charge in [-0.1, -0.05) is 13.8 Å². The number of carbonyl (C=O) groups is 2. The molecule has 0 spiro atoms. The zero-order chi connectivity index (χ0) is 21.9. The van der Waals surface area contributed by atoms with Gasteiger partial charge < -0.3 is 8.92 Å². The van der Waals surface area contributed by atoms with E-state index in [1.165, 1.54) is 6.92 Å². The second kappa shape index (κ2) is 7.49. The molecule has 170 valence electrons. The Morgan fingerprint density at radius 3 is 2.23 bits per heavy atom. The van der Waals surface area contributed by atoms with Crippen LogP contribution in [0.25, 0.3) is 0 Å². The van der Waals surface area contributed by atoms with E-state index in [9.17, 15) is 18.0 Å². The maximum atomic E-state index is 12.7. The van der Waals surface area contributed by atoms with Crippen molar-refractivity contribution in [1.82, 2.24) is 0 Å². The summed E-state index contributed by atoms with van der Waals surface area (Å²) in [6, 6.07) is 0. The van der Waals surface area contributed by atoms with Gasteiger partial charge in [0.2, 0.25) is 0 Å². The molecule has 0 amide bonds. The molecule has 6 nitrogen and oxygen atoms in total. The number of rotatable bonds is 3. The Morgan fingerprint density at radius 2 is 1.57 bits per heavy atom. The third kappa shape index (κ3) is 3.69. The van der Waals surface area contributed by atoms with Gasteiger partial charge in [0.25, 0.3) is 0 Å². The first-order valence-electron chi connectivity index (χ1n) is 11.5. The van der Waals surface area contributed by atoms with E-state index in [0.717, 1.165) is 64.0 Å². The molecule has 0 aliphatic heterocycles. The summed E-state index contributed by atoms with van der Waals surface area (Å²) in [7, 11) is -3.77. The normalized spacial score (nSPS) is 45.6. The summed E-state index contributed by atoms with van der Waals surface area (Å²) in [6.07, 6.45) is 10.1. The van der Waals surface area contributed by atoms with E-state index in [4.69, 9.17) is 8.92 Å². The molecule has 30 heavy (non-hydrogen) atoms. The van der Waals surface area contributed by atoms with Crippen molar-refractivity contribution in [1.29, 1.82) is 0 Å². The van der Waals surface area contributed by atoms with Crippen LogP contribution in [0, 0.1) is 40.4 Å². The summed E-state index contributed by atoms with van der Waals surface area (Å²) in [5.74, 6) is 1.23. The molecule has 7 heteroatoms. The maximum absolute atomic E-state index is 12.7. The molecule has 4 saturated carbocycles. The molecular formula is C23H36O6S. The van der Waals surface area contributed by atoms with E-state index in [2.05, 4.69) is 13.8 Å². The number of ether oxygens (including phenoxy) is 1. The molecule has 0 aromatic heterocycles. The summed E-state index contributed by atoms with van der Waals surface area (Å²) in [4.78, 5) is 24.1. The minimum Gasteiger partial charge on any atom is -0.463 e. The summed E-state index contributed by atoms with van der Waals surface area (Å²) < 4.78 is 33.4. The number of hydrogen-bond acceptors (Lipinski definition) is 6. The van der Waals surface area contributed by atoms with Crippen molar-refractivity contribution < 1.29 is 26.9 Å². The highest BCUT2D eigenvalue weighted by molar-refractivity contribution is 7.86. The van der Waals surface area contributed by atoms with Gasteiger partial charge in [0.05, 0.1) is 12.2 Å². The van der Waals surface area contributed by atoms with E-state index in [-0.39, 0.29) is 28.8 Å². The van der Waals surface area contributed by atoms with Crippen LogP contribution in [0.4, 0.5) is 0 Å². The quantitative estimate of drug-likeness (QED) is 0.485. The topological polar surface area (TPSA) is 86.7 Å². The predicted octanol–water partition coefficient (Wildman–Crippen LogP) is 4.08. The van der Waals surface area contributed by atoms with Gasteiger partial charge in [0.1, 0.15) is 6.10 Å². The van der Waals surface area contributed by atoms with Crippen molar-refractivity contribution in [3.8, 4) is 0 Å². The molecule has 4 aliphatic rings. The summed E-state index contributed by atoms with van der Waals surface area (Å²) in [5, 5.41) is 0. The SMILES string of the molecule is CC(=O)O[C@H]1CC[C@@]2(C)C(CC[C@H]3[C@@H]4CC[C@H](C(=O)OS(C)(=O)=O)[C@@]4(C)CC[C@@H]32)C1. The highest BCUT2D eigenvalue weighted by atomic mass is 32.2. The fraction of sp³-hybridized carbons (Fsp3) is 0.913. The lowest BCUT2D eigenvalue weighted by Gasteiger charge is -2.60. The Bertz CT molecular complexity index is 822. The smallest absolute Gasteiger partial charge is 0.325 e. The van der Waals surface area contributed by atoms with Crippen LogP contribution in [0.5, 0.6) is 0 Å². The van der Waals surface area contributed by atoms with Crippen molar-refractivity contribution in [2.45, 2.75) is 84.7 Å². The van der Waals surface area contributed by atoms with Crippen LogP contribution in [0.3, 0.4) is 0 Å². The highest BCUT2D eigenvalue weighted by Crippen LogP contribution is 2.67. The first kappa shape index (κ1) is 22.1. The van der Waals surface area contributed by atoms with Crippen molar-refractivity contribution in [3.63, 3.8) is 0 Å². The Labute approximate surface area is 180 Å². The van der Waals surface area contributed by atoms with Gasteiger partial charge in [0.15, 0.2) is 0 Å². The van der Waals surface area contributed by atoms with Gasteiger partial charge in [-0.05, 0) is 92.3 Å². The zero-order valence-corrected chi connectivity index (χ0v) is 19.5. The molecule has 4 aliphatic carbocycles. The van der Waals surface area contributed by atoms with Crippen LogP contribution >= 0.6 is 0 Å². The second-order valence-corrected chi connectivity index (χ2v) is 12.5. The lowest BCUT2D eigenvalue weighted by atomic mass is 9.44. The molecule has 0 N–H and O–H groups in total. The molecule has 4 fully saturated rings. The number of hydrogen-bond donors (Lipinski definition) is 0. The van der Waals surface area contributed by atoms with Crippen LogP contribution < -0.4 is 0 Å². The molecule has 0 saturated heterocycles. The van der Waals surface area contributed by atoms with Crippen LogP contribution in [0.2, 0.25) is 0 Å². The predicted molar refractivity (Wildman–Crippen MR) is 112 cm³/mol. The van der Waals surface area contributed by atoms with E-state index in [1.807, 2.05) is 0 Å². The van der Waals surface area contributed by atoms with Crippen molar-refractivity contribution in [2.75, 3.05) is 6.26 Å².